The van der Waals surface area contributed by atoms with Gasteiger partial charge in [-0.3, -0.25) is 9.59 Å². The Kier molecular flexibility index (Phi) is 5.41. The number of piperazine rings is 1. The predicted octanol–water partition coefficient (Wildman–Crippen LogP) is 0.573. The summed E-state index contributed by atoms with van der Waals surface area (Å²) in [6.45, 7) is 7.84. The van der Waals surface area contributed by atoms with Crippen molar-refractivity contribution < 1.29 is 18.0 Å². The molecule has 122 valence electrons. The zero-order valence-corrected chi connectivity index (χ0v) is 14.3. The molecule has 0 aromatic rings. The van der Waals surface area contributed by atoms with Crippen LogP contribution >= 0.6 is 0 Å². The molecule has 1 heterocycles. The highest BCUT2D eigenvalue weighted by Gasteiger charge is 2.44. The first-order valence-corrected chi connectivity index (χ1v) is 9.32. The molecule has 2 amide bonds. The quantitative estimate of drug-likeness (QED) is 0.803. The van der Waals surface area contributed by atoms with E-state index in [1.165, 1.54) is 6.26 Å². The van der Waals surface area contributed by atoms with Crippen molar-refractivity contribution in [2.75, 3.05) is 18.6 Å². The Balaban J connectivity index is 2.89. The zero-order chi connectivity index (χ0) is 16.4. The Morgan fingerprint density at radius 3 is 2.24 bits per heavy atom. The number of hydrogen-bond acceptors (Lipinski definition) is 4. The van der Waals surface area contributed by atoms with Crippen molar-refractivity contribution in [1.82, 2.24) is 10.2 Å². The first-order valence-electron chi connectivity index (χ1n) is 7.26. The predicted molar refractivity (Wildman–Crippen MR) is 81.5 cm³/mol. The van der Waals surface area contributed by atoms with Gasteiger partial charge in [0.15, 0.2) is 0 Å². The summed E-state index contributed by atoms with van der Waals surface area (Å²) in [6.07, 6.45) is 2.05. The van der Waals surface area contributed by atoms with Crippen LogP contribution in [-0.2, 0) is 19.4 Å². The molecule has 2 unspecified atom stereocenters. The lowest BCUT2D eigenvalue weighted by Gasteiger charge is -2.43. The van der Waals surface area contributed by atoms with E-state index in [-0.39, 0.29) is 23.0 Å². The fourth-order valence-corrected chi connectivity index (χ4v) is 3.17. The summed E-state index contributed by atoms with van der Waals surface area (Å²) in [5.41, 5.74) is -0.374. The molecule has 21 heavy (non-hydrogen) atoms. The number of nitrogens with one attached hydrogen (secondary N) is 1. The number of carbonyl (C=O) groups is 2. The third kappa shape index (κ3) is 4.69. The number of nitrogens with zero attached hydrogens (tertiary/aromatic N) is 1. The monoisotopic (exact) mass is 318 g/mol. The van der Waals surface area contributed by atoms with Crippen LogP contribution in [0.1, 0.15) is 40.5 Å². The number of carbonyl (C=O) groups excluding carboxylic acids is 2. The summed E-state index contributed by atoms with van der Waals surface area (Å²) in [5.74, 6) is -0.256. The lowest BCUT2D eigenvalue weighted by molar-refractivity contribution is -0.152. The van der Waals surface area contributed by atoms with Gasteiger partial charge in [-0.15, -0.1) is 0 Å². The van der Waals surface area contributed by atoms with E-state index in [9.17, 15) is 18.0 Å². The molecule has 0 spiro atoms. The second-order valence-electron chi connectivity index (χ2n) is 6.75. The lowest BCUT2D eigenvalue weighted by Crippen LogP contribution is -2.66. The van der Waals surface area contributed by atoms with Gasteiger partial charge < -0.3 is 10.2 Å². The Morgan fingerprint density at radius 2 is 1.81 bits per heavy atom. The van der Waals surface area contributed by atoms with Gasteiger partial charge in [-0.25, -0.2) is 8.42 Å². The van der Waals surface area contributed by atoms with Crippen molar-refractivity contribution in [3.63, 3.8) is 0 Å². The van der Waals surface area contributed by atoms with E-state index in [0.717, 1.165) is 0 Å². The van der Waals surface area contributed by atoms with Crippen LogP contribution in [0.15, 0.2) is 0 Å². The molecule has 2 atom stereocenters. The van der Waals surface area contributed by atoms with Crippen LogP contribution in [0.3, 0.4) is 0 Å². The molecule has 0 aromatic carbocycles. The molecule has 1 aliphatic heterocycles. The zero-order valence-electron chi connectivity index (χ0n) is 13.5. The summed E-state index contributed by atoms with van der Waals surface area (Å²) in [6, 6.07) is -1.07. The summed E-state index contributed by atoms with van der Waals surface area (Å²) >= 11 is 0. The maximum absolute atomic E-state index is 12.6. The van der Waals surface area contributed by atoms with Crippen LogP contribution in [0.5, 0.6) is 0 Å². The highest BCUT2D eigenvalue weighted by Crippen LogP contribution is 2.26. The van der Waals surface area contributed by atoms with Crippen LogP contribution in [0, 0.1) is 5.41 Å². The van der Waals surface area contributed by atoms with E-state index in [1.807, 2.05) is 27.7 Å². The van der Waals surface area contributed by atoms with E-state index in [0.29, 0.717) is 19.4 Å². The van der Waals surface area contributed by atoms with Gasteiger partial charge in [-0.05, 0) is 18.3 Å². The van der Waals surface area contributed by atoms with Crippen molar-refractivity contribution in [1.29, 1.82) is 0 Å². The van der Waals surface area contributed by atoms with E-state index in [2.05, 4.69) is 5.32 Å². The third-order valence-electron chi connectivity index (χ3n) is 3.66. The van der Waals surface area contributed by atoms with Gasteiger partial charge in [-0.1, -0.05) is 27.7 Å². The fraction of sp³-hybridized carbons (Fsp3) is 0.857. The first kappa shape index (κ1) is 17.9. The number of sulfone groups is 1. The number of amides is 2. The molecule has 0 saturated carbocycles. The van der Waals surface area contributed by atoms with Crippen LogP contribution in [-0.4, -0.2) is 55.8 Å². The molecular weight excluding hydrogens is 292 g/mol. The van der Waals surface area contributed by atoms with Crippen molar-refractivity contribution in [3.8, 4) is 0 Å². The van der Waals surface area contributed by atoms with Crippen LogP contribution < -0.4 is 5.32 Å². The van der Waals surface area contributed by atoms with Crippen LogP contribution in [0.4, 0.5) is 0 Å². The summed E-state index contributed by atoms with van der Waals surface area (Å²) in [7, 11) is -3.06. The molecule has 7 heteroatoms. The van der Waals surface area contributed by atoms with Gasteiger partial charge in [-0.2, -0.15) is 0 Å². The summed E-state index contributed by atoms with van der Waals surface area (Å²) in [4.78, 5) is 26.3. The smallest absolute Gasteiger partial charge is 0.246 e. The Morgan fingerprint density at radius 1 is 1.24 bits per heavy atom. The third-order valence-corrected chi connectivity index (χ3v) is 4.69. The van der Waals surface area contributed by atoms with Crippen molar-refractivity contribution >= 4 is 21.7 Å². The Labute approximate surface area is 127 Å². The van der Waals surface area contributed by atoms with Gasteiger partial charge in [0.05, 0.1) is 5.75 Å². The molecule has 1 rings (SSSR count). The molecule has 0 aromatic heterocycles. The minimum absolute atomic E-state index is 0.0228. The SMILES string of the molecule is CCC1C(=O)NC(C(C)(C)C)C(=O)N1CCCS(C)(=O)=O. The molecular formula is C14H26N2O4S. The minimum atomic E-state index is -3.06. The highest BCUT2D eigenvalue weighted by molar-refractivity contribution is 7.90. The summed E-state index contributed by atoms with van der Waals surface area (Å²) in [5, 5.41) is 2.80. The standard InChI is InChI=1S/C14H26N2O4S/c1-6-10-12(17)15-11(14(2,3)4)13(18)16(10)8-7-9-21(5,19)20/h10-11H,6-9H2,1-5H3,(H,15,17). The largest absolute Gasteiger partial charge is 0.342 e. The van der Waals surface area contributed by atoms with Gasteiger partial charge in [0, 0.05) is 12.8 Å². The maximum atomic E-state index is 12.6. The average Bonchev–Trinajstić information content (AvgIpc) is 2.30. The average molecular weight is 318 g/mol. The molecule has 0 bridgehead atoms. The van der Waals surface area contributed by atoms with Gasteiger partial charge in [0.25, 0.3) is 0 Å². The Hall–Kier alpha value is -1.11. The topological polar surface area (TPSA) is 83.6 Å². The molecule has 1 fully saturated rings. The van der Waals surface area contributed by atoms with Crippen molar-refractivity contribution in [3.05, 3.63) is 0 Å². The van der Waals surface area contributed by atoms with Crippen molar-refractivity contribution in [2.24, 2.45) is 5.41 Å². The first-order chi connectivity index (χ1) is 9.47. The molecule has 1 aliphatic rings. The maximum Gasteiger partial charge on any atom is 0.246 e. The van der Waals surface area contributed by atoms with Gasteiger partial charge >= 0.3 is 0 Å². The van der Waals surface area contributed by atoms with E-state index >= 15 is 0 Å². The second kappa shape index (κ2) is 6.34. The molecule has 0 radical (unpaired) electrons. The van der Waals surface area contributed by atoms with E-state index in [4.69, 9.17) is 0 Å². The number of hydrogen-bond donors (Lipinski definition) is 1. The van der Waals surface area contributed by atoms with Crippen molar-refractivity contribution in [2.45, 2.75) is 52.6 Å². The van der Waals surface area contributed by atoms with E-state index in [1.54, 1.807) is 4.90 Å². The second-order valence-corrected chi connectivity index (χ2v) is 9.01. The summed E-state index contributed by atoms with van der Waals surface area (Å²) < 4.78 is 22.4. The molecule has 0 aliphatic carbocycles. The number of rotatable bonds is 5. The molecule has 1 N–H and O–H groups in total. The van der Waals surface area contributed by atoms with Gasteiger partial charge in [0.1, 0.15) is 21.9 Å². The lowest BCUT2D eigenvalue weighted by atomic mass is 9.83. The van der Waals surface area contributed by atoms with Crippen LogP contribution in [0.25, 0.3) is 0 Å². The normalized spacial score (nSPS) is 24.1. The molecule has 6 nitrogen and oxygen atoms in total. The van der Waals surface area contributed by atoms with Crippen LogP contribution in [0.2, 0.25) is 0 Å². The minimum Gasteiger partial charge on any atom is -0.342 e. The Bertz CT molecular complexity index is 508. The fourth-order valence-electron chi connectivity index (χ4n) is 2.52. The highest BCUT2D eigenvalue weighted by atomic mass is 32.2. The van der Waals surface area contributed by atoms with E-state index < -0.39 is 21.9 Å². The van der Waals surface area contributed by atoms with Gasteiger partial charge in [0.2, 0.25) is 11.8 Å². The molecule has 1 saturated heterocycles.